The first-order chi connectivity index (χ1) is 13.7. The lowest BCUT2D eigenvalue weighted by Crippen LogP contribution is -2.30. The number of anilines is 1. The van der Waals surface area contributed by atoms with Crippen LogP contribution in [0.25, 0.3) is 0 Å². The fourth-order valence-electron chi connectivity index (χ4n) is 2.66. The molecule has 6 heteroatoms. The third-order valence-corrected chi connectivity index (χ3v) is 4.08. The van der Waals surface area contributed by atoms with Gasteiger partial charge < -0.3 is 20.6 Å². The van der Waals surface area contributed by atoms with Crippen LogP contribution in [-0.4, -0.2) is 19.1 Å². The van der Waals surface area contributed by atoms with Gasteiger partial charge in [0.2, 0.25) is 0 Å². The normalized spacial score (nSPS) is 10.3. The molecule has 0 atom stereocenters. The Hall–Kier alpha value is -3.54. The number of carbonyl (C=O) groups excluding carboxylic acids is 1. The number of aromatic nitrogens is 1. The van der Waals surface area contributed by atoms with Gasteiger partial charge in [0, 0.05) is 24.8 Å². The van der Waals surface area contributed by atoms with Crippen molar-refractivity contribution in [2.45, 2.75) is 13.0 Å². The van der Waals surface area contributed by atoms with E-state index in [1.807, 2.05) is 54.6 Å². The van der Waals surface area contributed by atoms with Crippen LogP contribution in [0.2, 0.25) is 0 Å². The minimum Gasteiger partial charge on any atom is -0.619 e. The summed E-state index contributed by atoms with van der Waals surface area (Å²) in [5, 5.41) is 17.3. The summed E-state index contributed by atoms with van der Waals surface area (Å²) in [7, 11) is 0. The van der Waals surface area contributed by atoms with Gasteiger partial charge in [-0.3, -0.25) is 4.79 Å². The zero-order valence-corrected chi connectivity index (χ0v) is 15.5. The highest BCUT2D eigenvalue weighted by Gasteiger charge is 2.07. The molecule has 1 amide bonds. The minimum atomic E-state index is -0.265. The highest BCUT2D eigenvalue weighted by Crippen LogP contribution is 2.15. The lowest BCUT2D eigenvalue weighted by Gasteiger charge is -2.10. The van der Waals surface area contributed by atoms with Crippen LogP contribution in [0.5, 0.6) is 5.75 Å². The molecule has 3 rings (SSSR count). The molecule has 0 unspecified atom stereocenters. The maximum atomic E-state index is 12.0. The monoisotopic (exact) mass is 377 g/mol. The fraction of sp³-hybridized carbons (Fsp3) is 0.182. The molecule has 3 aromatic rings. The summed E-state index contributed by atoms with van der Waals surface area (Å²) in [6.45, 7) is 1.68. The largest absolute Gasteiger partial charge is 0.619 e. The molecule has 2 aromatic carbocycles. The lowest BCUT2D eigenvalue weighted by molar-refractivity contribution is -0.605. The van der Waals surface area contributed by atoms with E-state index in [1.54, 1.807) is 12.1 Å². The quantitative estimate of drug-likeness (QED) is 0.341. The van der Waals surface area contributed by atoms with Crippen molar-refractivity contribution in [2.24, 2.45) is 0 Å². The maximum Gasteiger partial charge on any atom is 0.257 e. The molecule has 0 saturated heterocycles. The topological polar surface area (TPSA) is 77.3 Å². The van der Waals surface area contributed by atoms with E-state index in [-0.39, 0.29) is 5.91 Å². The molecular weight excluding hydrogens is 354 g/mol. The standard InChI is InChI=1S/C22H23N3O3/c26-22(19-8-5-13-25(27)17-19)23-12-6-14-28-21-11-4-7-18(15-21)16-24-20-9-2-1-3-10-20/h1-5,7-11,13,15,17,24H,6,12,14,16H2,(H,23,26). The number of pyridine rings is 1. The number of hydrogen-bond acceptors (Lipinski definition) is 4. The Morgan fingerprint density at radius 2 is 1.89 bits per heavy atom. The number of ether oxygens (including phenoxy) is 1. The summed E-state index contributed by atoms with van der Waals surface area (Å²) in [6.07, 6.45) is 3.26. The Labute approximate surface area is 164 Å². The molecule has 0 fully saturated rings. The van der Waals surface area contributed by atoms with Gasteiger partial charge in [-0.25, -0.2) is 0 Å². The number of hydrogen-bond donors (Lipinski definition) is 2. The van der Waals surface area contributed by atoms with Gasteiger partial charge in [0.25, 0.3) is 5.91 Å². The van der Waals surface area contributed by atoms with Gasteiger partial charge in [0.1, 0.15) is 11.3 Å². The van der Waals surface area contributed by atoms with E-state index >= 15 is 0 Å². The molecule has 1 aromatic heterocycles. The van der Waals surface area contributed by atoms with Crippen LogP contribution < -0.4 is 20.1 Å². The zero-order valence-electron chi connectivity index (χ0n) is 15.5. The Bertz CT molecular complexity index is 900. The van der Waals surface area contributed by atoms with Gasteiger partial charge in [-0.1, -0.05) is 30.3 Å². The van der Waals surface area contributed by atoms with Crippen LogP contribution >= 0.6 is 0 Å². The third kappa shape index (κ3) is 6.02. The first kappa shape index (κ1) is 19.2. The van der Waals surface area contributed by atoms with Gasteiger partial charge in [0.15, 0.2) is 12.4 Å². The second kappa shape index (κ2) is 9.97. The van der Waals surface area contributed by atoms with Crippen LogP contribution in [0, 0.1) is 5.21 Å². The van der Waals surface area contributed by atoms with Crippen LogP contribution in [-0.2, 0) is 6.54 Å². The highest BCUT2D eigenvalue weighted by molar-refractivity contribution is 5.93. The Balaban J connectivity index is 1.38. The first-order valence-electron chi connectivity index (χ1n) is 9.18. The van der Waals surface area contributed by atoms with Crippen LogP contribution in [0.4, 0.5) is 5.69 Å². The molecular formula is C22H23N3O3. The van der Waals surface area contributed by atoms with Gasteiger partial charge in [0.05, 0.1) is 6.61 Å². The summed E-state index contributed by atoms with van der Waals surface area (Å²) < 4.78 is 6.38. The number of carbonyl (C=O) groups is 1. The van der Waals surface area contributed by atoms with Crippen molar-refractivity contribution in [3.05, 3.63) is 95.5 Å². The molecule has 0 bridgehead atoms. The predicted octanol–water partition coefficient (Wildman–Crippen LogP) is 3.13. The maximum absolute atomic E-state index is 12.0. The molecule has 0 saturated carbocycles. The van der Waals surface area contributed by atoms with Gasteiger partial charge in [-0.15, -0.1) is 0 Å². The Kier molecular flexibility index (Phi) is 6.84. The van der Waals surface area contributed by atoms with Crippen molar-refractivity contribution >= 4 is 11.6 Å². The zero-order chi connectivity index (χ0) is 19.6. The Morgan fingerprint density at radius 3 is 2.71 bits per heavy atom. The van der Waals surface area contributed by atoms with Crippen molar-refractivity contribution in [1.82, 2.24) is 5.32 Å². The smallest absolute Gasteiger partial charge is 0.257 e. The van der Waals surface area contributed by atoms with E-state index in [0.29, 0.717) is 36.4 Å². The van der Waals surface area contributed by atoms with E-state index in [0.717, 1.165) is 17.0 Å². The molecule has 0 spiro atoms. The van der Waals surface area contributed by atoms with Crippen LogP contribution in [0.3, 0.4) is 0 Å². The van der Waals surface area contributed by atoms with Gasteiger partial charge in [-0.2, -0.15) is 4.73 Å². The van der Waals surface area contributed by atoms with E-state index < -0.39 is 0 Å². The van der Waals surface area contributed by atoms with Crippen LogP contribution in [0.15, 0.2) is 79.1 Å². The predicted molar refractivity (Wildman–Crippen MR) is 108 cm³/mol. The summed E-state index contributed by atoms with van der Waals surface area (Å²) in [6, 6.07) is 21.1. The summed E-state index contributed by atoms with van der Waals surface area (Å²) in [5.74, 6) is 0.535. The Morgan fingerprint density at radius 1 is 1.04 bits per heavy atom. The van der Waals surface area contributed by atoms with E-state index in [1.165, 1.54) is 12.4 Å². The number of nitrogens with one attached hydrogen (secondary N) is 2. The van der Waals surface area contributed by atoms with E-state index in [2.05, 4.69) is 10.6 Å². The number of benzene rings is 2. The van der Waals surface area contributed by atoms with Crippen molar-refractivity contribution in [3.8, 4) is 5.75 Å². The average Bonchev–Trinajstić information content (AvgIpc) is 2.73. The molecule has 0 aliphatic rings. The molecule has 2 N–H and O–H groups in total. The number of rotatable bonds is 9. The van der Waals surface area contributed by atoms with Crippen molar-refractivity contribution < 1.29 is 14.3 Å². The SMILES string of the molecule is O=C(NCCCOc1cccc(CNc2ccccc2)c1)c1ccc[n+]([O-])c1. The second-order valence-electron chi connectivity index (χ2n) is 6.28. The number of para-hydroxylation sites is 1. The van der Waals surface area contributed by atoms with Crippen molar-refractivity contribution in [1.29, 1.82) is 0 Å². The number of amides is 1. The molecule has 144 valence electrons. The second-order valence-corrected chi connectivity index (χ2v) is 6.28. The average molecular weight is 377 g/mol. The molecule has 1 heterocycles. The number of nitrogens with zero attached hydrogens (tertiary/aromatic N) is 1. The summed E-state index contributed by atoms with van der Waals surface area (Å²) in [4.78, 5) is 12.0. The van der Waals surface area contributed by atoms with Crippen molar-refractivity contribution in [3.63, 3.8) is 0 Å². The van der Waals surface area contributed by atoms with E-state index in [9.17, 15) is 10.0 Å². The molecule has 0 aliphatic heterocycles. The summed E-state index contributed by atoms with van der Waals surface area (Å²) in [5.41, 5.74) is 2.55. The summed E-state index contributed by atoms with van der Waals surface area (Å²) >= 11 is 0. The van der Waals surface area contributed by atoms with Gasteiger partial charge in [-0.05, 0) is 42.3 Å². The molecule has 28 heavy (non-hydrogen) atoms. The van der Waals surface area contributed by atoms with Gasteiger partial charge >= 0.3 is 0 Å². The third-order valence-electron chi connectivity index (χ3n) is 4.08. The molecule has 0 aliphatic carbocycles. The minimum absolute atomic E-state index is 0.265. The molecule has 0 radical (unpaired) electrons. The lowest BCUT2D eigenvalue weighted by atomic mass is 10.2. The highest BCUT2D eigenvalue weighted by atomic mass is 16.5. The van der Waals surface area contributed by atoms with Crippen molar-refractivity contribution in [2.75, 3.05) is 18.5 Å². The van der Waals surface area contributed by atoms with Crippen LogP contribution in [0.1, 0.15) is 22.3 Å². The fourth-order valence-corrected chi connectivity index (χ4v) is 2.66. The molecule has 6 nitrogen and oxygen atoms in total. The van der Waals surface area contributed by atoms with E-state index in [4.69, 9.17) is 4.74 Å². The first-order valence-corrected chi connectivity index (χ1v) is 9.18.